The smallest absolute Gasteiger partial charge is 0.334 e. The largest absolute Gasteiger partial charge is 0.446 e. The van der Waals surface area contributed by atoms with E-state index >= 15 is 0 Å². The van der Waals surface area contributed by atoms with Crippen molar-refractivity contribution in [3.63, 3.8) is 0 Å². The zero-order valence-electron chi connectivity index (χ0n) is 9.51. The van der Waals surface area contributed by atoms with Crippen molar-refractivity contribution in [1.82, 2.24) is 4.90 Å². The first-order chi connectivity index (χ1) is 6.65. The standard InChI is InChI=1S/C11H21NO2/c1-5-8-10(4)11(13)14-9-12(6-2)7-3/h4-9H2,1-3H3. The number of esters is 1. The first-order valence-corrected chi connectivity index (χ1v) is 5.22. The molecule has 3 heteroatoms. The van der Waals surface area contributed by atoms with E-state index in [0.29, 0.717) is 12.3 Å². The van der Waals surface area contributed by atoms with Gasteiger partial charge in [-0.1, -0.05) is 33.8 Å². The second kappa shape index (κ2) is 7.56. The number of carbonyl (C=O) groups excluding carboxylic acids is 1. The monoisotopic (exact) mass is 199 g/mol. The molecule has 0 heterocycles. The van der Waals surface area contributed by atoms with Crippen LogP contribution in [0.5, 0.6) is 0 Å². The Morgan fingerprint density at radius 1 is 1.29 bits per heavy atom. The maximum atomic E-state index is 11.3. The Hall–Kier alpha value is -0.830. The van der Waals surface area contributed by atoms with E-state index in [4.69, 9.17) is 4.74 Å². The third-order valence-electron chi connectivity index (χ3n) is 2.11. The van der Waals surface area contributed by atoms with Crippen molar-refractivity contribution in [3.8, 4) is 0 Å². The van der Waals surface area contributed by atoms with Gasteiger partial charge in [0, 0.05) is 5.57 Å². The molecule has 0 saturated heterocycles. The quantitative estimate of drug-likeness (QED) is 0.357. The van der Waals surface area contributed by atoms with Gasteiger partial charge in [-0.3, -0.25) is 4.90 Å². The molecule has 0 aromatic rings. The summed E-state index contributed by atoms with van der Waals surface area (Å²) in [7, 11) is 0. The van der Waals surface area contributed by atoms with Gasteiger partial charge in [0.25, 0.3) is 0 Å². The van der Waals surface area contributed by atoms with E-state index in [1.54, 1.807) is 0 Å². The second-order valence-electron chi connectivity index (χ2n) is 3.22. The van der Waals surface area contributed by atoms with Crippen molar-refractivity contribution in [3.05, 3.63) is 12.2 Å². The minimum atomic E-state index is -0.265. The van der Waals surface area contributed by atoms with Gasteiger partial charge in [0.1, 0.15) is 6.73 Å². The van der Waals surface area contributed by atoms with Crippen LogP contribution in [0.1, 0.15) is 33.6 Å². The number of nitrogens with zero attached hydrogens (tertiary/aromatic N) is 1. The van der Waals surface area contributed by atoms with Crippen LogP contribution in [-0.2, 0) is 9.53 Å². The Morgan fingerprint density at radius 3 is 2.29 bits per heavy atom. The van der Waals surface area contributed by atoms with Crippen LogP contribution in [0.15, 0.2) is 12.2 Å². The number of ether oxygens (including phenoxy) is 1. The highest BCUT2D eigenvalue weighted by molar-refractivity contribution is 5.87. The van der Waals surface area contributed by atoms with E-state index in [1.165, 1.54) is 0 Å². The van der Waals surface area contributed by atoms with Crippen LogP contribution in [0, 0.1) is 0 Å². The lowest BCUT2D eigenvalue weighted by atomic mass is 10.2. The molecule has 0 fully saturated rings. The molecule has 0 aromatic heterocycles. The lowest BCUT2D eigenvalue weighted by molar-refractivity contribution is -0.143. The van der Waals surface area contributed by atoms with E-state index < -0.39 is 0 Å². The normalized spacial score (nSPS) is 10.3. The molecule has 0 spiro atoms. The molecule has 14 heavy (non-hydrogen) atoms. The van der Waals surface area contributed by atoms with Gasteiger partial charge in [0.2, 0.25) is 0 Å². The average Bonchev–Trinajstić information content (AvgIpc) is 2.19. The molecule has 0 bridgehead atoms. The summed E-state index contributed by atoms with van der Waals surface area (Å²) < 4.78 is 5.09. The Labute approximate surface area is 86.7 Å². The first-order valence-electron chi connectivity index (χ1n) is 5.22. The van der Waals surface area contributed by atoms with E-state index in [0.717, 1.165) is 25.9 Å². The molecule has 0 aliphatic heterocycles. The minimum Gasteiger partial charge on any atom is -0.446 e. The number of rotatable bonds is 7. The average molecular weight is 199 g/mol. The minimum absolute atomic E-state index is 0.265. The van der Waals surface area contributed by atoms with Gasteiger partial charge in [-0.25, -0.2) is 4.79 Å². The van der Waals surface area contributed by atoms with Gasteiger partial charge in [0.15, 0.2) is 0 Å². The number of hydrogen-bond donors (Lipinski definition) is 0. The van der Waals surface area contributed by atoms with Crippen molar-refractivity contribution >= 4 is 5.97 Å². The van der Waals surface area contributed by atoms with Crippen LogP contribution in [-0.4, -0.2) is 30.7 Å². The lowest BCUT2D eigenvalue weighted by Gasteiger charge is -2.17. The predicted octanol–water partition coefficient (Wildman–Crippen LogP) is 2.19. The lowest BCUT2D eigenvalue weighted by Crippen LogP contribution is -2.27. The van der Waals surface area contributed by atoms with Gasteiger partial charge in [-0.2, -0.15) is 0 Å². The second-order valence-corrected chi connectivity index (χ2v) is 3.22. The van der Waals surface area contributed by atoms with Gasteiger partial charge in [-0.05, 0) is 19.5 Å². The maximum absolute atomic E-state index is 11.3. The molecule has 0 unspecified atom stereocenters. The van der Waals surface area contributed by atoms with Crippen LogP contribution < -0.4 is 0 Å². The van der Waals surface area contributed by atoms with Gasteiger partial charge in [-0.15, -0.1) is 0 Å². The highest BCUT2D eigenvalue weighted by atomic mass is 16.5. The highest BCUT2D eigenvalue weighted by Crippen LogP contribution is 2.04. The van der Waals surface area contributed by atoms with Crippen molar-refractivity contribution in [1.29, 1.82) is 0 Å². The molecule has 0 aliphatic rings. The maximum Gasteiger partial charge on any atom is 0.334 e. The molecule has 3 nitrogen and oxygen atoms in total. The number of hydrogen-bond acceptors (Lipinski definition) is 3. The fraction of sp³-hybridized carbons (Fsp3) is 0.727. The summed E-state index contributed by atoms with van der Waals surface area (Å²) in [4.78, 5) is 13.4. The molecule has 0 atom stereocenters. The van der Waals surface area contributed by atoms with Gasteiger partial charge < -0.3 is 4.74 Å². The topological polar surface area (TPSA) is 29.5 Å². The molecular formula is C11H21NO2. The molecule has 0 aromatic carbocycles. The summed E-state index contributed by atoms with van der Waals surface area (Å²) in [5.74, 6) is -0.265. The molecule has 0 radical (unpaired) electrons. The fourth-order valence-electron chi connectivity index (χ4n) is 1.06. The number of carbonyl (C=O) groups is 1. The SMILES string of the molecule is C=C(CCC)C(=O)OCN(CC)CC. The molecule has 0 aliphatic carbocycles. The van der Waals surface area contributed by atoms with Crippen LogP contribution in [0.4, 0.5) is 0 Å². The summed E-state index contributed by atoms with van der Waals surface area (Å²) in [5, 5.41) is 0. The zero-order chi connectivity index (χ0) is 11.0. The third kappa shape index (κ3) is 5.02. The summed E-state index contributed by atoms with van der Waals surface area (Å²) >= 11 is 0. The Kier molecular flexibility index (Phi) is 7.11. The Morgan fingerprint density at radius 2 is 1.86 bits per heavy atom. The summed E-state index contributed by atoms with van der Waals surface area (Å²) in [6.07, 6.45) is 1.65. The first kappa shape index (κ1) is 13.2. The van der Waals surface area contributed by atoms with E-state index in [2.05, 4.69) is 6.58 Å². The van der Waals surface area contributed by atoms with Crippen LogP contribution >= 0.6 is 0 Å². The Balaban J connectivity index is 3.77. The summed E-state index contributed by atoms with van der Waals surface area (Å²) in [6, 6.07) is 0. The van der Waals surface area contributed by atoms with E-state index in [9.17, 15) is 4.79 Å². The zero-order valence-corrected chi connectivity index (χ0v) is 9.51. The highest BCUT2D eigenvalue weighted by Gasteiger charge is 2.08. The van der Waals surface area contributed by atoms with Crippen LogP contribution in [0.2, 0.25) is 0 Å². The summed E-state index contributed by atoms with van der Waals surface area (Å²) in [6.45, 7) is 11.9. The molecule has 0 amide bonds. The predicted molar refractivity (Wildman–Crippen MR) is 57.9 cm³/mol. The van der Waals surface area contributed by atoms with Crippen LogP contribution in [0.25, 0.3) is 0 Å². The van der Waals surface area contributed by atoms with Crippen molar-refractivity contribution in [2.45, 2.75) is 33.6 Å². The molecule has 0 rings (SSSR count). The van der Waals surface area contributed by atoms with Gasteiger partial charge in [0.05, 0.1) is 0 Å². The molecule has 82 valence electrons. The fourth-order valence-corrected chi connectivity index (χ4v) is 1.06. The van der Waals surface area contributed by atoms with Crippen LogP contribution in [0.3, 0.4) is 0 Å². The van der Waals surface area contributed by atoms with Crippen molar-refractivity contribution in [2.24, 2.45) is 0 Å². The molecule has 0 N–H and O–H groups in total. The van der Waals surface area contributed by atoms with Crippen molar-refractivity contribution in [2.75, 3.05) is 19.8 Å². The summed E-state index contributed by atoms with van der Waals surface area (Å²) in [5.41, 5.74) is 0.569. The van der Waals surface area contributed by atoms with Gasteiger partial charge >= 0.3 is 5.97 Å². The Bertz CT molecular complexity index is 186. The van der Waals surface area contributed by atoms with Crippen molar-refractivity contribution < 1.29 is 9.53 Å². The van der Waals surface area contributed by atoms with E-state index in [-0.39, 0.29) is 5.97 Å². The molecule has 0 saturated carbocycles. The molecular weight excluding hydrogens is 178 g/mol. The van der Waals surface area contributed by atoms with E-state index in [1.807, 2.05) is 25.7 Å². The third-order valence-corrected chi connectivity index (χ3v) is 2.11.